The molecule has 2 aromatic heterocycles. The number of nitrogens with zero attached hydrogens (tertiary/aromatic N) is 5. The molecule has 1 aliphatic heterocycles. The number of hydrogen-bond donors (Lipinski definition) is 2. The number of imidazole rings is 1. The van der Waals surface area contributed by atoms with Gasteiger partial charge < -0.3 is 25.0 Å². The summed E-state index contributed by atoms with van der Waals surface area (Å²) in [6, 6.07) is 9.56. The maximum absolute atomic E-state index is 14.1. The first-order valence-corrected chi connectivity index (χ1v) is 13.5. The number of hydrogen-bond acceptors (Lipinski definition) is 8. The topological polar surface area (TPSA) is 89.4 Å². The van der Waals surface area contributed by atoms with Gasteiger partial charge in [-0.25, -0.2) is 13.8 Å². The number of benzene rings is 1. The standard InChI is InChI=1S/C27H37F2N7O2/c1-18-17-38-14-12-35(18)23-15-24(36-22-6-4-3-5-21(22)32-26(36)25(28)29)34-27(33-23)31-16-19-7-9-20(10-8-19)30-11-13-37-2/h3-6,15,18-20,25,30H,7-14,16-17H2,1-2H3,(H,31,33,34)/t18-,19-,20-/m1/s1. The van der Waals surface area contributed by atoms with Crippen LogP contribution in [0.15, 0.2) is 30.3 Å². The minimum Gasteiger partial charge on any atom is -0.383 e. The Balaban J connectivity index is 1.40. The van der Waals surface area contributed by atoms with E-state index in [0.29, 0.717) is 60.3 Å². The molecule has 1 saturated heterocycles. The van der Waals surface area contributed by atoms with Gasteiger partial charge in [0.1, 0.15) is 11.6 Å². The summed E-state index contributed by atoms with van der Waals surface area (Å²) >= 11 is 0. The molecule has 0 radical (unpaired) electrons. The SMILES string of the molecule is COCCN[C@H]1CC[C@H](CNc2nc(N3CCOC[C@H]3C)cc(-n3c(C(F)F)nc4ccccc43)n2)CC1. The summed E-state index contributed by atoms with van der Waals surface area (Å²) in [7, 11) is 1.72. The molecule has 9 nitrogen and oxygen atoms in total. The molecule has 5 rings (SSSR count). The van der Waals surface area contributed by atoms with Crippen LogP contribution in [0, 0.1) is 5.92 Å². The number of morpholine rings is 1. The van der Waals surface area contributed by atoms with E-state index < -0.39 is 6.43 Å². The molecule has 3 heterocycles. The van der Waals surface area contributed by atoms with Crippen molar-refractivity contribution in [3.05, 3.63) is 36.2 Å². The summed E-state index contributed by atoms with van der Waals surface area (Å²) in [5.74, 6) is 1.69. The number of anilines is 2. The minimum absolute atomic E-state index is 0.106. The third-order valence-corrected chi connectivity index (χ3v) is 7.51. The predicted molar refractivity (Wildman–Crippen MR) is 143 cm³/mol. The number of nitrogens with one attached hydrogen (secondary N) is 2. The van der Waals surface area contributed by atoms with Crippen molar-refractivity contribution < 1.29 is 18.3 Å². The highest BCUT2D eigenvalue weighted by molar-refractivity contribution is 5.78. The van der Waals surface area contributed by atoms with Crippen LogP contribution in [-0.2, 0) is 9.47 Å². The van der Waals surface area contributed by atoms with E-state index in [1.54, 1.807) is 31.4 Å². The van der Waals surface area contributed by atoms with Gasteiger partial charge in [-0.2, -0.15) is 9.97 Å². The minimum atomic E-state index is -2.74. The van der Waals surface area contributed by atoms with E-state index in [-0.39, 0.29) is 11.9 Å². The van der Waals surface area contributed by atoms with Crippen LogP contribution in [0.5, 0.6) is 0 Å². The zero-order valence-corrected chi connectivity index (χ0v) is 22.1. The molecule has 3 aromatic rings. The maximum atomic E-state index is 14.1. The van der Waals surface area contributed by atoms with Gasteiger partial charge in [0.05, 0.1) is 36.9 Å². The van der Waals surface area contributed by atoms with Crippen LogP contribution in [-0.4, -0.2) is 78.2 Å². The van der Waals surface area contributed by atoms with Gasteiger partial charge in [0.25, 0.3) is 6.43 Å². The quantitative estimate of drug-likeness (QED) is 0.378. The van der Waals surface area contributed by atoms with Crippen LogP contribution in [0.2, 0.25) is 0 Å². The Hall–Kier alpha value is -2.89. The van der Waals surface area contributed by atoms with Crippen molar-refractivity contribution in [2.45, 2.75) is 51.1 Å². The molecule has 1 atom stereocenters. The van der Waals surface area contributed by atoms with Crippen molar-refractivity contribution in [1.29, 1.82) is 0 Å². The van der Waals surface area contributed by atoms with E-state index in [1.807, 2.05) is 6.07 Å². The highest BCUT2D eigenvalue weighted by Gasteiger charge is 2.26. The van der Waals surface area contributed by atoms with Crippen LogP contribution < -0.4 is 15.5 Å². The van der Waals surface area contributed by atoms with Crippen molar-refractivity contribution in [2.75, 3.05) is 56.8 Å². The predicted octanol–water partition coefficient (Wildman–Crippen LogP) is 4.18. The second-order valence-corrected chi connectivity index (χ2v) is 10.2. The number of alkyl halides is 2. The summed E-state index contributed by atoms with van der Waals surface area (Å²) in [6.45, 7) is 6.24. The van der Waals surface area contributed by atoms with Crippen LogP contribution in [0.25, 0.3) is 16.9 Å². The van der Waals surface area contributed by atoms with Crippen molar-refractivity contribution >= 4 is 22.8 Å². The van der Waals surface area contributed by atoms with Gasteiger partial charge in [-0.3, -0.25) is 4.57 Å². The number of methoxy groups -OCH3 is 1. The normalized spacial score (nSPS) is 22.3. The van der Waals surface area contributed by atoms with Crippen molar-refractivity contribution in [2.24, 2.45) is 5.92 Å². The van der Waals surface area contributed by atoms with Gasteiger partial charge in [-0.15, -0.1) is 0 Å². The smallest absolute Gasteiger partial charge is 0.296 e. The molecule has 11 heteroatoms. The zero-order valence-electron chi connectivity index (χ0n) is 22.1. The molecule has 1 saturated carbocycles. The molecule has 0 spiro atoms. The van der Waals surface area contributed by atoms with Gasteiger partial charge in [-0.1, -0.05) is 12.1 Å². The van der Waals surface area contributed by atoms with E-state index in [4.69, 9.17) is 19.4 Å². The van der Waals surface area contributed by atoms with Gasteiger partial charge in [0, 0.05) is 38.9 Å². The van der Waals surface area contributed by atoms with Crippen molar-refractivity contribution in [3.8, 4) is 5.82 Å². The monoisotopic (exact) mass is 529 g/mol. The van der Waals surface area contributed by atoms with E-state index in [1.165, 1.54) is 4.57 Å². The lowest BCUT2D eigenvalue weighted by Gasteiger charge is -2.34. The molecule has 1 aliphatic carbocycles. The molecule has 2 N–H and O–H groups in total. The summed E-state index contributed by atoms with van der Waals surface area (Å²) < 4.78 is 40.4. The molecule has 206 valence electrons. The van der Waals surface area contributed by atoms with Gasteiger partial charge in [-0.05, 0) is 50.7 Å². The number of para-hydroxylation sites is 2. The average molecular weight is 530 g/mol. The summed E-state index contributed by atoms with van der Waals surface area (Å²) in [5, 5.41) is 6.99. The molecular weight excluding hydrogens is 492 g/mol. The maximum Gasteiger partial charge on any atom is 0.296 e. The molecule has 0 unspecified atom stereocenters. The number of ether oxygens (including phenoxy) is 2. The van der Waals surface area contributed by atoms with Crippen molar-refractivity contribution in [1.82, 2.24) is 24.8 Å². The lowest BCUT2D eigenvalue weighted by Crippen LogP contribution is -2.44. The highest BCUT2D eigenvalue weighted by Crippen LogP contribution is 2.30. The molecule has 2 fully saturated rings. The number of fused-ring (bicyclic) bond motifs is 1. The Bertz CT molecular complexity index is 1200. The largest absolute Gasteiger partial charge is 0.383 e. The van der Waals surface area contributed by atoms with E-state index in [9.17, 15) is 8.78 Å². The Morgan fingerprint density at radius 1 is 1.11 bits per heavy atom. The number of aromatic nitrogens is 4. The Morgan fingerprint density at radius 3 is 2.66 bits per heavy atom. The first-order chi connectivity index (χ1) is 18.5. The fourth-order valence-corrected chi connectivity index (χ4v) is 5.43. The van der Waals surface area contributed by atoms with E-state index in [0.717, 1.165) is 45.4 Å². The Kier molecular flexibility index (Phi) is 8.65. The average Bonchev–Trinajstić information content (AvgIpc) is 3.33. The van der Waals surface area contributed by atoms with Gasteiger partial charge in [0.15, 0.2) is 5.82 Å². The molecule has 38 heavy (non-hydrogen) atoms. The summed E-state index contributed by atoms with van der Waals surface area (Å²) in [4.78, 5) is 15.9. The lowest BCUT2D eigenvalue weighted by atomic mass is 9.86. The fourth-order valence-electron chi connectivity index (χ4n) is 5.43. The van der Waals surface area contributed by atoms with E-state index >= 15 is 0 Å². The second-order valence-electron chi connectivity index (χ2n) is 10.2. The molecule has 0 bridgehead atoms. The Labute approximate surface area is 221 Å². The molecule has 0 amide bonds. The van der Waals surface area contributed by atoms with Crippen LogP contribution in [0.3, 0.4) is 0 Å². The molecular formula is C27H37F2N7O2. The van der Waals surface area contributed by atoms with Crippen molar-refractivity contribution in [3.63, 3.8) is 0 Å². The summed E-state index contributed by atoms with van der Waals surface area (Å²) in [5.41, 5.74) is 1.10. The van der Waals surface area contributed by atoms with Gasteiger partial charge in [0.2, 0.25) is 5.95 Å². The van der Waals surface area contributed by atoms with Crippen LogP contribution in [0.1, 0.15) is 44.9 Å². The zero-order chi connectivity index (χ0) is 26.5. The lowest BCUT2D eigenvalue weighted by molar-refractivity contribution is 0.0985. The molecule has 2 aliphatic rings. The van der Waals surface area contributed by atoms with Crippen LogP contribution in [0.4, 0.5) is 20.5 Å². The first-order valence-electron chi connectivity index (χ1n) is 13.5. The second kappa shape index (κ2) is 12.3. The Morgan fingerprint density at radius 2 is 1.89 bits per heavy atom. The molecule has 1 aromatic carbocycles. The third-order valence-electron chi connectivity index (χ3n) is 7.51. The number of halogens is 2. The third kappa shape index (κ3) is 6.05. The summed E-state index contributed by atoms with van der Waals surface area (Å²) in [6.07, 6.45) is 1.70. The van der Waals surface area contributed by atoms with E-state index in [2.05, 4.69) is 27.4 Å². The number of rotatable bonds is 10. The highest BCUT2D eigenvalue weighted by atomic mass is 19.3. The van der Waals surface area contributed by atoms with Gasteiger partial charge >= 0.3 is 0 Å². The first kappa shape index (κ1) is 26.7. The van der Waals surface area contributed by atoms with Crippen LogP contribution >= 0.6 is 0 Å². The fraction of sp³-hybridized carbons (Fsp3) is 0.593.